The van der Waals surface area contributed by atoms with Gasteiger partial charge in [-0.3, -0.25) is 9.69 Å². The Hall–Kier alpha value is -2.49. The Balaban J connectivity index is 1.29. The molecule has 2 bridgehead atoms. The Labute approximate surface area is 203 Å². The van der Waals surface area contributed by atoms with E-state index in [4.69, 9.17) is 0 Å². The summed E-state index contributed by atoms with van der Waals surface area (Å²) in [5.74, 6) is 0.311. The number of hydrogen-bond donors (Lipinski definition) is 2. The second-order valence-electron chi connectivity index (χ2n) is 10.2. The summed E-state index contributed by atoms with van der Waals surface area (Å²) in [6, 6.07) is 7.08. The number of piperidine rings is 2. The minimum atomic E-state index is -0.726. The number of amides is 1. The summed E-state index contributed by atoms with van der Waals surface area (Å²) in [6.45, 7) is 7.17. The van der Waals surface area contributed by atoms with Crippen molar-refractivity contribution in [1.82, 2.24) is 15.5 Å². The molecule has 3 aliphatic rings. The lowest BCUT2D eigenvalue weighted by Gasteiger charge is -2.32. The van der Waals surface area contributed by atoms with Crippen molar-refractivity contribution in [3.05, 3.63) is 58.9 Å². The number of hydrogen-bond acceptors (Lipinski definition) is 4. The normalized spacial score (nSPS) is 26.6. The maximum absolute atomic E-state index is 15.0. The highest BCUT2D eigenvalue weighted by molar-refractivity contribution is 5.83. The Morgan fingerprint density at radius 3 is 2.74 bits per heavy atom. The van der Waals surface area contributed by atoms with Crippen molar-refractivity contribution >= 4 is 5.91 Å². The lowest BCUT2D eigenvalue weighted by Crippen LogP contribution is -2.50. The first kappa shape index (κ1) is 24.6. The van der Waals surface area contributed by atoms with E-state index in [9.17, 15) is 14.4 Å². The summed E-state index contributed by atoms with van der Waals surface area (Å²) >= 11 is 0. The Morgan fingerprint density at radius 2 is 2.12 bits per heavy atom. The molecule has 1 aromatic rings. The van der Waals surface area contributed by atoms with Crippen LogP contribution in [-0.4, -0.2) is 48.6 Å². The van der Waals surface area contributed by atoms with E-state index in [2.05, 4.69) is 40.7 Å². The molecule has 3 unspecified atom stereocenters. The van der Waals surface area contributed by atoms with Crippen LogP contribution in [0.15, 0.2) is 42.0 Å². The van der Waals surface area contributed by atoms with Crippen LogP contribution in [0.5, 0.6) is 0 Å². The highest BCUT2D eigenvalue weighted by atomic mass is 19.1. The molecule has 0 radical (unpaired) electrons. The number of nitriles is 1. The summed E-state index contributed by atoms with van der Waals surface area (Å²) < 4.78 is 15.0. The molecular formula is C28H37FN4O. The smallest absolute Gasteiger partial charge is 0.238 e. The lowest BCUT2D eigenvalue weighted by atomic mass is 9.88. The van der Waals surface area contributed by atoms with Crippen LogP contribution < -0.4 is 10.6 Å². The third-order valence-corrected chi connectivity index (χ3v) is 7.72. The molecule has 5 nitrogen and oxygen atoms in total. The number of carbonyl (C=O) groups is 1. The van der Waals surface area contributed by atoms with Crippen molar-refractivity contribution in [3.63, 3.8) is 0 Å². The molecule has 4 rings (SSSR count). The number of carbonyl (C=O) groups excluding carboxylic acids is 1. The maximum atomic E-state index is 15.0. The van der Waals surface area contributed by atoms with Crippen LogP contribution in [0.4, 0.5) is 4.39 Å². The van der Waals surface area contributed by atoms with Crippen molar-refractivity contribution in [2.75, 3.05) is 19.6 Å². The molecule has 182 valence electrons. The van der Waals surface area contributed by atoms with Gasteiger partial charge in [0, 0.05) is 19.0 Å². The molecule has 1 amide bonds. The van der Waals surface area contributed by atoms with Crippen LogP contribution in [0.25, 0.3) is 0 Å². The monoisotopic (exact) mass is 464 g/mol. The van der Waals surface area contributed by atoms with Crippen LogP contribution in [-0.2, 0) is 11.2 Å². The van der Waals surface area contributed by atoms with Gasteiger partial charge in [-0.2, -0.15) is 5.26 Å². The third-order valence-electron chi connectivity index (χ3n) is 7.72. The number of halogens is 1. The standard InChI is InChI=1S/C28H37FN4O/c1-3-4-5-19(2)18-33-12-10-20(11-13-33)21-6-7-22(26(29)16-21)14-25(17-30)32-28(34)27-23-8-9-24(15-23)31-27/h3-7,16,20,23-25,27,31H,8-15,18H2,1-2H3,(H,32,34)/b4-3-,19-5+/t23?,24?,25-,27?/m0/s1. The lowest BCUT2D eigenvalue weighted by molar-refractivity contribution is -0.124. The molecule has 0 aromatic heterocycles. The molecule has 6 heteroatoms. The molecule has 2 N–H and O–H groups in total. The number of nitrogens with zero attached hydrogens (tertiary/aromatic N) is 2. The third kappa shape index (κ3) is 5.95. The molecule has 1 aromatic carbocycles. The van der Waals surface area contributed by atoms with E-state index >= 15 is 0 Å². The van der Waals surface area contributed by atoms with Crippen LogP contribution in [0.3, 0.4) is 0 Å². The van der Waals surface area contributed by atoms with Crippen molar-refractivity contribution < 1.29 is 9.18 Å². The topological polar surface area (TPSA) is 68.2 Å². The molecule has 1 aliphatic carbocycles. The SMILES string of the molecule is C/C=C\C=C(/C)CN1CCC(c2ccc(C[C@@H](C#N)NC(=O)C3NC4CCC3C4)c(F)c2)CC1. The van der Waals surface area contributed by atoms with Gasteiger partial charge < -0.3 is 10.6 Å². The van der Waals surface area contributed by atoms with E-state index in [1.54, 1.807) is 12.1 Å². The summed E-state index contributed by atoms with van der Waals surface area (Å²) in [5, 5.41) is 15.8. The average Bonchev–Trinajstić information content (AvgIpc) is 3.48. The molecule has 2 saturated heterocycles. The number of fused-ring (bicyclic) bond motifs is 2. The van der Waals surface area contributed by atoms with E-state index < -0.39 is 6.04 Å². The first-order chi connectivity index (χ1) is 16.5. The number of nitrogens with one attached hydrogen (secondary N) is 2. The van der Waals surface area contributed by atoms with Crippen molar-refractivity contribution in [2.45, 2.75) is 76.4 Å². The van der Waals surface area contributed by atoms with Gasteiger partial charge in [-0.25, -0.2) is 4.39 Å². The van der Waals surface area contributed by atoms with Gasteiger partial charge in [-0.1, -0.05) is 35.9 Å². The zero-order valence-corrected chi connectivity index (χ0v) is 20.4. The van der Waals surface area contributed by atoms with Gasteiger partial charge in [-0.15, -0.1) is 0 Å². The van der Waals surface area contributed by atoms with Crippen LogP contribution in [0.2, 0.25) is 0 Å². The zero-order valence-electron chi connectivity index (χ0n) is 20.4. The molecule has 4 atom stereocenters. The fourth-order valence-electron chi connectivity index (χ4n) is 5.83. The van der Waals surface area contributed by atoms with Crippen LogP contribution >= 0.6 is 0 Å². The Morgan fingerprint density at radius 1 is 1.32 bits per heavy atom. The Bertz CT molecular complexity index is 973. The van der Waals surface area contributed by atoms with E-state index in [0.29, 0.717) is 23.4 Å². The average molecular weight is 465 g/mol. The van der Waals surface area contributed by atoms with E-state index in [-0.39, 0.29) is 24.2 Å². The minimum absolute atomic E-state index is 0.127. The fourth-order valence-corrected chi connectivity index (χ4v) is 5.83. The molecule has 0 spiro atoms. The highest BCUT2D eigenvalue weighted by Gasteiger charge is 2.43. The number of rotatable bonds is 8. The largest absolute Gasteiger partial charge is 0.339 e. The van der Waals surface area contributed by atoms with Crippen molar-refractivity contribution in [3.8, 4) is 6.07 Å². The predicted molar refractivity (Wildman–Crippen MR) is 133 cm³/mol. The maximum Gasteiger partial charge on any atom is 0.238 e. The quantitative estimate of drug-likeness (QED) is 0.566. The predicted octanol–water partition coefficient (Wildman–Crippen LogP) is 4.22. The van der Waals surface area contributed by atoms with E-state index in [0.717, 1.165) is 57.3 Å². The van der Waals surface area contributed by atoms with Crippen LogP contribution in [0, 0.1) is 23.1 Å². The Kier molecular flexibility index (Phi) is 8.18. The number of benzene rings is 1. The molecule has 2 heterocycles. The number of allylic oxidation sites excluding steroid dienone is 3. The summed E-state index contributed by atoms with van der Waals surface area (Å²) in [5.41, 5.74) is 2.87. The van der Waals surface area contributed by atoms with Crippen LogP contribution in [0.1, 0.15) is 63.0 Å². The number of likely N-dealkylation sites (tertiary alicyclic amines) is 1. The first-order valence-electron chi connectivity index (χ1n) is 12.7. The molecule has 1 saturated carbocycles. The van der Waals surface area contributed by atoms with Gasteiger partial charge in [-0.05, 0) is 88.1 Å². The highest BCUT2D eigenvalue weighted by Crippen LogP contribution is 2.35. The van der Waals surface area contributed by atoms with Gasteiger partial charge in [0.25, 0.3) is 0 Å². The zero-order chi connectivity index (χ0) is 24.1. The second-order valence-corrected chi connectivity index (χ2v) is 10.2. The van der Waals surface area contributed by atoms with Crippen molar-refractivity contribution in [1.29, 1.82) is 5.26 Å². The van der Waals surface area contributed by atoms with Gasteiger partial charge in [0.1, 0.15) is 11.9 Å². The summed E-state index contributed by atoms with van der Waals surface area (Å²) in [6.07, 6.45) is 11.7. The van der Waals surface area contributed by atoms with Gasteiger partial charge in [0.05, 0.1) is 12.1 Å². The van der Waals surface area contributed by atoms with E-state index in [1.807, 2.05) is 19.1 Å². The fraction of sp³-hybridized carbons (Fsp3) is 0.571. The molecule has 2 aliphatic heterocycles. The summed E-state index contributed by atoms with van der Waals surface area (Å²) in [7, 11) is 0. The van der Waals surface area contributed by atoms with Gasteiger partial charge in [0.2, 0.25) is 5.91 Å². The first-order valence-corrected chi connectivity index (χ1v) is 12.7. The molecular weight excluding hydrogens is 427 g/mol. The summed E-state index contributed by atoms with van der Waals surface area (Å²) in [4.78, 5) is 15.1. The molecule has 3 fully saturated rings. The van der Waals surface area contributed by atoms with Gasteiger partial charge in [0.15, 0.2) is 0 Å². The van der Waals surface area contributed by atoms with Crippen molar-refractivity contribution in [2.24, 2.45) is 5.92 Å². The van der Waals surface area contributed by atoms with E-state index in [1.165, 1.54) is 5.57 Å². The second kappa shape index (κ2) is 11.3. The molecule has 34 heavy (non-hydrogen) atoms. The minimum Gasteiger partial charge on any atom is -0.339 e. The van der Waals surface area contributed by atoms with Gasteiger partial charge >= 0.3 is 0 Å².